The van der Waals surface area contributed by atoms with Crippen molar-refractivity contribution < 1.29 is 9.53 Å². The lowest BCUT2D eigenvalue weighted by molar-refractivity contribution is -0.142. The molecule has 0 aromatic carbocycles. The number of hydrogen-bond donors (Lipinski definition) is 1. The second-order valence-electron chi connectivity index (χ2n) is 2.50. The highest BCUT2D eigenvalue weighted by molar-refractivity contribution is 5.71. The smallest absolute Gasteiger partial charge is 0.319 e. The summed E-state index contributed by atoms with van der Waals surface area (Å²) in [6.45, 7) is 6.70. The van der Waals surface area contributed by atoms with Crippen LogP contribution in [0.3, 0.4) is 0 Å². The van der Waals surface area contributed by atoms with Crippen molar-refractivity contribution in [2.75, 3.05) is 13.2 Å². The molecule has 3 nitrogen and oxygen atoms in total. The van der Waals surface area contributed by atoms with E-state index in [2.05, 4.69) is 12.2 Å². The van der Waals surface area contributed by atoms with Gasteiger partial charge in [-0.2, -0.15) is 0 Å². The number of esters is 1. The minimum absolute atomic E-state index is 0.173. The highest BCUT2D eigenvalue weighted by Gasteiger charge is 2.02. The molecule has 11 heavy (non-hydrogen) atoms. The predicted molar refractivity (Wildman–Crippen MR) is 44.4 cm³/mol. The second-order valence-corrected chi connectivity index (χ2v) is 2.50. The third kappa shape index (κ3) is 5.85. The SMILES string of the molecule is CCOC(=O)CNC(C)CC. The molecule has 1 N–H and O–H groups in total. The number of ether oxygens (including phenoxy) is 1. The van der Waals surface area contributed by atoms with E-state index in [-0.39, 0.29) is 5.97 Å². The highest BCUT2D eigenvalue weighted by atomic mass is 16.5. The molecule has 1 atom stereocenters. The Balaban J connectivity index is 3.30. The minimum atomic E-state index is -0.173. The van der Waals surface area contributed by atoms with Crippen LogP contribution in [0.4, 0.5) is 0 Å². The molecule has 0 amide bonds. The topological polar surface area (TPSA) is 38.3 Å². The summed E-state index contributed by atoms with van der Waals surface area (Å²) in [5.41, 5.74) is 0. The van der Waals surface area contributed by atoms with E-state index in [9.17, 15) is 4.79 Å². The molecule has 0 aliphatic heterocycles. The number of rotatable bonds is 5. The van der Waals surface area contributed by atoms with Crippen molar-refractivity contribution in [2.45, 2.75) is 33.2 Å². The molecule has 0 rings (SSSR count). The van der Waals surface area contributed by atoms with Gasteiger partial charge in [0, 0.05) is 6.04 Å². The first-order valence-corrected chi connectivity index (χ1v) is 4.09. The van der Waals surface area contributed by atoms with Crippen LogP contribution in [0.25, 0.3) is 0 Å². The molecule has 0 saturated heterocycles. The van der Waals surface area contributed by atoms with Gasteiger partial charge in [0.2, 0.25) is 0 Å². The summed E-state index contributed by atoms with van der Waals surface area (Å²) in [7, 11) is 0. The van der Waals surface area contributed by atoms with Crippen LogP contribution < -0.4 is 5.32 Å². The Morgan fingerprint density at radius 3 is 2.64 bits per heavy atom. The van der Waals surface area contributed by atoms with Crippen molar-refractivity contribution in [3.8, 4) is 0 Å². The third-order valence-corrected chi connectivity index (χ3v) is 1.51. The van der Waals surface area contributed by atoms with Crippen molar-refractivity contribution in [3.63, 3.8) is 0 Å². The molecule has 0 bridgehead atoms. The highest BCUT2D eigenvalue weighted by Crippen LogP contribution is 1.86. The summed E-state index contributed by atoms with van der Waals surface area (Å²) in [6.07, 6.45) is 1.03. The van der Waals surface area contributed by atoms with E-state index in [4.69, 9.17) is 4.74 Å². The van der Waals surface area contributed by atoms with E-state index < -0.39 is 0 Å². The Hall–Kier alpha value is -0.570. The lowest BCUT2D eigenvalue weighted by Crippen LogP contribution is -2.31. The lowest BCUT2D eigenvalue weighted by atomic mass is 10.3. The maximum atomic E-state index is 10.8. The number of hydrogen-bond acceptors (Lipinski definition) is 3. The largest absolute Gasteiger partial charge is 0.465 e. The van der Waals surface area contributed by atoms with E-state index in [0.717, 1.165) is 6.42 Å². The van der Waals surface area contributed by atoms with Crippen molar-refractivity contribution in [2.24, 2.45) is 0 Å². The fraction of sp³-hybridized carbons (Fsp3) is 0.875. The second kappa shape index (κ2) is 6.16. The summed E-state index contributed by atoms with van der Waals surface area (Å²) in [4.78, 5) is 10.8. The van der Waals surface area contributed by atoms with E-state index in [0.29, 0.717) is 19.2 Å². The van der Waals surface area contributed by atoms with Gasteiger partial charge in [0.1, 0.15) is 0 Å². The van der Waals surface area contributed by atoms with Gasteiger partial charge in [0.05, 0.1) is 13.2 Å². The van der Waals surface area contributed by atoms with Crippen molar-refractivity contribution >= 4 is 5.97 Å². The predicted octanol–water partition coefficient (Wildman–Crippen LogP) is 0.938. The molecule has 0 fully saturated rings. The molecule has 0 aliphatic rings. The van der Waals surface area contributed by atoms with Crippen molar-refractivity contribution in [3.05, 3.63) is 0 Å². The molecule has 1 unspecified atom stereocenters. The fourth-order valence-corrected chi connectivity index (χ4v) is 0.614. The van der Waals surface area contributed by atoms with Crippen LogP contribution in [0.5, 0.6) is 0 Å². The van der Waals surface area contributed by atoms with Gasteiger partial charge in [0.15, 0.2) is 0 Å². The molecular weight excluding hydrogens is 142 g/mol. The lowest BCUT2D eigenvalue weighted by Gasteiger charge is -2.09. The van der Waals surface area contributed by atoms with Crippen LogP contribution >= 0.6 is 0 Å². The van der Waals surface area contributed by atoms with E-state index >= 15 is 0 Å². The maximum Gasteiger partial charge on any atom is 0.319 e. The van der Waals surface area contributed by atoms with Crippen molar-refractivity contribution in [1.82, 2.24) is 5.32 Å². The van der Waals surface area contributed by atoms with Gasteiger partial charge in [-0.05, 0) is 20.3 Å². The Morgan fingerprint density at radius 1 is 1.55 bits per heavy atom. The minimum Gasteiger partial charge on any atom is -0.465 e. The number of carbonyl (C=O) groups excluding carboxylic acids is 1. The van der Waals surface area contributed by atoms with Crippen LogP contribution in [0.15, 0.2) is 0 Å². The summed E-state index contributed by atoms with van der Waals surface area (Å²) < 4.78 is 4.74. The normalized spacial score (nSPS) is 12.6. The van der Waals surface area contributed by atoms with Crippen LogP contribution in [0.2, 0.25) is 0 Å². The Morgan fingerprint density at radius 2 is 2.18 bits per heavy atom. The summed E-state index contributed by atoms with van der Waals surface area (Å²) in [5.74, 6) is -0.173. The molecule has 66 valence electrons. The van der Waals surface area contributed by atoms with Crippen LogP contribution in [0, 0.1) is 0 Å². The maximum absolute atomic E-state index is 10.8. The van der Waals surface area contributed by atoms with Gasteiger partial charge in [0.25, 0.3) is 0 Å². The number of nitrogens with one attached hydrogen (secondary N) is 1. The van der Waals surface area contributed by atoms with Gasteiger partial charge in [-0.25, -0.2) is 0 Å². The Kier molecular flexibility index (Phi) is 5.84. The standard InChI is InChI=1S/C8H17NO2/c1-4-7(3)9-6-8(10)11-5-2/h7,9H,4-6H2,1-3H3. The Labute approximate surface area is 68.1 Å². The zero-order valence-corrected chi connectivity index (χ0v) is 7.52. The zero-order valence-electron chi connectivity index (χ0n) is 7.52. The molecule has 0 aliphatic carbocycles. The van der Waals surface area contributed by atoms with Gasteiger partial charge in [-0.1, -0.05) is 6.92 Å². The Bertz CT molecular complexity index is 115. The van der Waals surface area contributed by atoms with Crippen LogP contribution in [-0.4, -0.2) is 25.2 Å². The molecule has 0 heterocycles. The third-order valence-electron chi connectivity index (χ3n) is 1.51. The fourth-order valence-electron chi connectivity index (χ4n) is 0.614. The molecule has 0 aromatic rings. The monoisotopic (exact) mass is 159 g/mol. The zero-order chi connectivity index (χ0) is 8.69. The summed E-state index contributed by atoms with van der Waals surface area (Å²) in [5, 5.41) is 3.04. The van der Waals surface area contributed by atoms with Gasteiger partial charge in [-0.15, -0.1) is 0 Å². The van der Waals surface area contributed by atoms with Crippen LogP contribution in [-0.2, 0) is 9.53 Å². The van der Waals surface area contributed by atoms with E-state index in [1.54, 1.807) is 6.92 Å². The first-order chi connectivity index (χ1) is 5.20. The molecule has 0 radical (unpaired) electrons. The van der Waals surface area contributed by atoms with Gasteiger partial charge >= 0.3 is 5.97 Å². The van der Waals surface area contributed by atoms with E-state index in [1.165, 1.54) is 0 Å². The quantitative estimate of drug-likeness (QED) is 0.607. The van der Waals surface area contributed by atoms with Crippen LogP contribution in [0.1, 0.15) is 27.2 Å². The van der Waals surface area contributed by atoms with Crippen molar-refractivity contribution in [1.29, 1.82) is 0 Å². The molecule has 0 saturated carbocycles. The molecule has 0 spiro atoms. The first kappa shape index (κ1) is 10.4. The van der Waals surface area contributed by atoms with Gasteiger partial charge in [-0.3, -0.25) is 4.79 Å². The number of carbonyl (C=O) groups is 1. The summed E-state index contributed by atoms with van der Waals surface area (Å²) >= 11 is 0. The molecule has 3 heteroatoms. The average Bonchev–Trinajstić information content (AvgIpc) is 2.01. The summed E-state index contributed by atoms with van der Waals surface area (Å²) in [6, 6.07) is 0.388. The first-order valence-electron chi connectivity index (χ1n) is 4.09. The van der Waals surface area contributed by atoms with E-state index in [1.807, 2.05) is 6.92 Å². The average molecular weight is 159 g/mol. The molecular formula is C8H17NO2. The van der Waals surface area contributed by atoms with Gasteiger partial charge < -0.3 is 10.1 Å². The molecule has 0 aromatic heterocycles.